The molecule has 2 N–H and O–H groups in total. The number of nitrogens with two attached hydrogens (primary N) is 1. The topological polar surface area (TPSA) is 55.6 Å². The second-order valence-corrected chi connectivity index (χ2v) is 4.89. The molecule has 1 fully saturated rings. The Balaban J connectivity index is 2.07. The van der Waals surface area contributed by atoms with Crippen LogP contribution in [-0.2, 0) is 9.53 Å². The molecule has 0 aromatic heterocycles. The van der Waals surface area contributed by atoms with E-state index in [4.69, 9.17) is 10.5 Å². The van der Waals surface area contributed by atoms with Gasteiger partial charge in [0.2, 0.25) is 5.91 Å². The summed E-state index contributed by atoms with van der Waals surface area (Å²) in [6.45, 7) is 5.18. The number of rotatable bonds is 2. The fourth-order valence-corrected chi connectivity index (χ4v) is 2.36. The highest BCUT2D eigenvalue weighted by Crippen LogP contribution is 2.17. The van der Waals surface area contributed by atoms with Crippen LogP contribution in [0.25, 0.3) is 0 Å². The zero-order chi connectivity index (χ0) is 13.1. The van der Waals surface area contributed by atoms with Crippen LogP contribution in [0.3, 0.4) is 0 Å². The lowest BCUT2D eigenvalue weighted by Gasteiger charge is -2.36. The van der Waals surface area contributed by atoms with Gasteiger partial charge in [-0.25, -0.2) is 0 Å². The summed E-state index contributed by atoms with van der Waals surface area (Å²) >= 11 is 0. The minimum absolute atomic E-state index is 0.0248. The predicted octanol–water partition coefficient (Wildman–Crippen LogP) is 1.32. The first-order valence-corrected chi connectivity index (χ1v) is 6.32. The Morgan fingerprint density at radius 1 is 1.28 bits per heavy atom. The zero-order valence-corrected chi connectivity index (χ0v) is 10.9. The molecule has 0 aliphatic carbocycles. The van der Waals surface area contributed by atoms with Crippen LogP contribution in [0.4, 0.5) is 0 Å². The maximum atomic E-state index is 12.3. The number of benzene rings is 1. The van der Waals surface area contributed by atoms with E-state index in [0.29, 0.717) is 13.1 Å². The van der Waals surface area contributed by atoms with Gasteiger partial charge in [-0.1, -0.05) is 30.3 Å². The molecule has 0 saturated carbocycles. The van der Waals surface area contributed by atoms with Gasteiger partial charge in [0.1, 0.15) is 6.04 Å². The molecule has 4 nitrogen and oxygen atoms in total. The third-order valence-electron chi connectivity index (χ3n) is 3.16. The van der Waals surface area contributed by atoms with Crippen molar-refractivity contribution in [3.63, 3.8) is 0 Å². The molecule has 0 unspecified atom stereocenters. The number of carbonyl (C=O) groups is 1. The molecule has 1 aliphatic heterocycles. The lowest BCUT2D eigenvalue weighted by molar-refractivity contribution is -0.144. The van der Waals surface area contributed by atoms with E-state index in [9.17, 15) is 4.79 Å². The molecule has 98 valence electrons. The van der Waals surface area contributed by atoms with Crippen LogP contribution >= 0.6 is 0 Å². The van der Waals surface area contributed by atoms with E-state index in [1.165, 1.54) is 0 Å². The fourth-order valence-electron chi connectivity index (χ4n) is 2.36. The van der Waals surface area contributed by atoms with E-state index in [2.05, 4.69) is 0 Å². The summed E-state index contributed by atoms with van der Waals surface area (Å²) in [4.78, 5) is 14.1. The predicted molar refractivity (Wildman–Crippen MR) is 70.0 cm³/mol. The molecule has 1 aromatic carbocycles. The molecule has 0 spiro atoms. The van der Waals surface area contributed by atoms with Crippen LogP contribution in [0.15, 0.2) is 30.3 Å². The summed E-state index contributed by atoms with van der Waals surface area (Å²) < 4.78 is 5.62. The van der Waals surface area contributed by atoms with Gasteiger partial charge >= 0.3 is 0 Å². The highest BCUT2D eigenvalue weighted by molar-refractivity contribution is 5.83. The van der Waals surface area contributed by atoms with Crippen molar-refractivity contribution in [2.45, 2.75) is 32.1 Å². The van der Waals surface area contributed by atoms with Crippen molar-refractivity contribution in [1.82, 2.24) is 4.90 Å². The Kier molecular flexibility index (Phi) is 3.99. The molecule has 4 heteroatoms. The molecule has 1 heterocycles. The van der Waals surface area contributed by atoms with Gasteiger partial charge in [0.15, 0.2) is 0 Å². The average Bonchev–Trinajstić information content (AvgIpc) is 2.37. The molecule has 0 bridgehead atoms. The number of morpholine rings is 1. The van der Waals surface area contributed by atoms with E-state index >= 15 is 0 Å². The highest BCUT2D eigenvalue weighted by atomic mass is 16.5. The Morgan fingerprint density at radius 3 is 2.39 bits per heavy atom. The van der Waals surface area contributed by atoms with Crippen molar-refractivity contribution >= 4 is 5.91 Å². The largest absolute Gasteiger partial charge is 0.372 e. The number of ether oxygens (including phenoxy) is 1. The van der Waals surface area contributed by atoms with Crippen LogP contribution in [0.2, 0.25) is 0 Å². The second-order valence-electron chi connectivity index (χ2n) is 4.89. The Hall–Kier alpha value is -1.39. The molecule has 1 aliphatic rings. The maximum Gasteiger partial charge on any atom is 0.244 e. The van der Waals surface area contributed by atoms with Crippen molar-refractivity contribution in [3.05, 3.63) is 35.9 Å². The van der Waals surface area contributed by atoms with Gasteiger partial charge in [-0.2, -0.15) is 0 Å². The number of carbonyl (C=O) groups excluding carboxylic acids is 1. The molecule has 3 atom stereocenters. The van der Waals surface area contributed by atoms with E-state index in [1.807, 2.05) is 44.2 Å². The highest BCUT2D eigenvalue weighted by Gasteiger charge is 2.29. The Morgan fingerprint density at radius 2 is 1.83 bits per heavy atom. The number of hydrogen-bond donors (Lipinski definition) is 1. The van der Waals surface area contributed by atoms with Crippen LogP contribution < -0.4 is 5.73 Å². The van der Waals surface area contributed by atoms with Crippen molar-refractivity contribution < 1.29 is 9.53 Å². The lowest BCUT2D eigenvalue weighted by Crippen LogP contribution is -2.50. The lowest BCUT2D eigenvalue weighted by atomic mass is 10.1. The maximum absolute atomic E-state index is 12.3. The quantitative estimate of drug-likeness (QED) is 0.859. The van der Waals surface area contributed by atoms with E-state index < -0.39 is 6.04 Å². The van der Waals surface area contributed by atoms with Gasteiger partial charge < -0.3 is 15.4 Å². The summed E-state index contributed by atoms with van der Waals surface area (Å²) in [7, 11) is 0. The molecule has 1 aromatic rings. The van der Waals surface area contributed by atoms with Crippen molar-refractivity contribution in [2.75, 3.05) is 13.1 Å². The van der Waals surface area contributed by atoms with E-state index in [1.54, 1.807) is 4.90 Å². The summed E-state index contributed by atoms with van der Waals surface area (Å²) in [6, 6.07) is 8.90. The van der Waals surface area contributed by atoms with Crippen LogP contribution in [0, 0.1) is 0 Å². The first-order valence-electron chi connectivity index (χ1n) is 6.32. The van der Waals surface area contributed by atoms with Gasteiger partial charge in [0, 0.05) is 13.1 Å². The smallest absolute Gasteiger partial charge is 0.244 e. The molecular weight excluding hydrogens is 228 g/mol. The first-order chi connectivity index (χ1) is 8.58. The van der Waals surface area contributed by atoms with E-state index in [0.717, 1.165) is 5.56 Å². The van der Waals surface area contributed by atoms with Gasteiger partial charge in [0.05, 0.1) is 12.2 Å². The van der Waals surface area contributed by atoms with Crippen LogP contribution in [0.1, 0.15) is 25.5 Å². The number of nitrogens with zero attached hydrogens (tertiary/aromatic N) is 1. The van der Waals surface area contributed by atoms with Gasteiger partial charge in [-0.05, 0) is 19.4 Å². The van der Waals surface area contributed by atoms with Gasteiger partial charge in [0.25, 0.3) is 0 Å². The minimum atomic E-state index is -0.580. The van der Waals surface area contributed by atoms with Crippen LogP contribution in [0.5, 0.6) is 0 Å². The summed E-state index contributed by atoms with van der Waals surface area (Å²) in [5.41, 5.74) is 6.88. The fraction of sp³-hybridized carbons (Fsp3) is 0.500. The first kappa shape index (κ1) is 13.1. The zero-order valence-electron chi connectivity index (χ0n) is 10.9. The Bertz CT molecular complexity index is 398. The molecule has 0 radical (unpaired) electrons. The second kappa shape index (κ2) is 5.50. The van der Waals surface area contributed by atoms with Gasteiger partial charge in [-0.3, -0.25) is 4.79 Å². The third-order valence-corrected chi connectivity index (χ3v) is 3.16. The van der Waals surface area contributed by atoms with Crippen molar-refractivity contribution in [1.29, 1.82) is 0 Å². The number of hydrogen-bond acceptors (Lipinski definition) is 3. The molecule has 1 saturated heterocycles. The van der Waals surface area contributed by atoms with Crippen molar-refractivity contribution in [2.24, 2.45) is 5.73 Å². The number of amides is 1. The molecule has 2 rings (SSSR count). The van der Waals surface area contributed by atoms with Crippen molar-refractivity contribution in [3.8, 4) is 0 Å². The summed E-state index contributed by atoms with van der Waals surface area (Å²) in [6.07, 6.45) is 0.140. The minimum Gasteiger partial charge on any atom is -0.372 e. The van der Waals surface area contributed by atoms with E-state index in [-0.39, 0.29) is 18.1 Å². The molecule has 18 heavy (non-hydrogen) atoms. The van der Waals surface area contributed by atoms with Gasteiger partial charge in [-0.15, -0.1) is 0 Å². The van der Waals surface area contributed by atoms with Crippen LogP contribution in [-0.4, -0.2) is 36.1 Å². The SMILES string of the molecule is C[C@@H]1CN(C(=O)[C@H](N)c2ccccc2)C[C@@H](C)O1. The summed E-state index contributed by atoms with van der Waals surface area (Å²) in [5.74, 6) is -0.0248. The third kappa shape index (κ3) is 2.89. The standard InChI is InChI=1S/C14H20N2O2/c1-10-8-16(9-11(2)18-10)14(17)13(15)12-6-4-3-5-7-12/h3-7,10-11,13H,8-9,15H2,1-2H3/t10-,11-,13-/m1/s1. The average molecular weight is 248 g/mol. The molecule has 1 amide bonds. The monoisotopic (exact) mass is 248 g/mol. The summed E-state index contributed by atoms with van der Waals surface area (Å²) in [5, 5.41) is 0. The Labute approximate surface area is 108 Å². The normalized spacial score (nSPS) is 25.8. The molecular formula is C14H20N2O2.